The number of hydrogen-bond donors (Lipinski definition) is 0. The second-order valence-corrected chi connectivity index (χ2v) is 14.2. The Kier molecular flexibility index (Phi) is 4.67. The molecule has 9 aromatic carbocycles. The first-order valence-electron chi connectivity index (χ1n) is 24.8. The van der Waals surface area contributed by atoms with Crippen LogP contribution in [0.15, 0.2) is 191 Å². The summed E-state index contributed by atoms with van der Waals surface area (Å²) in [5, 5.41) is 5.61. The summed E-state index contributed by atoms with van der Waals surface area (Å²) in [5.41, 5.74) is 1.87. The fraction of sp³-hybridized carbons (Fsp3) is 0. The number of furan rings is 2. The van der Waals surface area contributed by atoms with Crippen LogP contribution in [-0.4, -0.2) is 19.5 Å². The molecule has 0 saturated heterocycles. The normalized spacial score (nSPS) is 14.9. The van der Waals surface area contributed by atoms with E-state index in [1.54, 1.807) is 0 Å². The molecule has 0 aliphatic carbocycles. The predicted molar refractivity (Wildman–Crippen MR) is 240 cm³/mol. The summed E-state index contributed by atoms with van der Waals surface area (Å²) in [6.45, 7) is 0. The Labute approximate surface area is 353 Å². The molecule has 0 amide bonds. The topological polar surface area (TPSA) is 69.9 Å². The predicted octanol–water partition coefficient (Wildman–Crippen LogP) is 14.1. The Balaban J connectivity index is 1.23. The number of nitrogens with zero attached hydrogens (tertiary/aromatic N) is 4. The van der Waals surface area contributed by atoms with Crippen LogP contribution in [0.3, 0.4) is 0 Å². The maximum absolute atomic E-state index is 10.1. The molecule has 13 aromatic rings. The van der Waals surface area contributed by atoms with E-state index in [-0.39, 0.29) is 44.8 Å². The first kappa shape index (κ1) is 22.6. The lowest BCUT2D eigenvalue weighted by molar-refractivity contribution is 0.672. The number of benzene rings is 9. The minimum absolute atomic E-state index is 0.109. The van der Waals surface area contributed by atoms with Gasteiger partial charge in [-0.05, 0) is 59.2 Å². The van der Waals surface area contributed by atoms with Crippen molar-refractivity contribution >= 4 is 87.2 Å². The maximum atomic E-state index is 10.1. The summed E-state index contributed by atoms with van der Waals surface area (Å²) in [4.78, 5) is 15.4. The van der Waals surface area contributed by atoms with E-state index in [4.69, 9.17) is 36.1 Å². The lowest BCUT2D eigenvalue weighted by Gasteiger charge is -2.12. The fourth-order valence-electron chi connectivity index (χ4n) is 8.40. The molecule has 13 rings (SSSR count). The van der Waals surface area contributed by atoms with E-state index < -0.39 is 78.2 Å². The van der Waals surface area contributed by atoms with Gasteiger partial charge in [-0.1, -0.05) is 133 Å². The van der Waals surface area contributed by atoms with Gasteiger partial charge in [0, 0.05) is 65.5 Å². The van der Waals surface area contributed by atoms with E-state index in [1.165, 1.54) is 0 Å². The first-order chi connectivity index (χ1) is 34.2. The number of hydrogen-bond acceptors (Lipinski definition) is 5. The van der Waals surface area contributed by atoms with Crippen molar-refractivity contribution < 1.29 is 25.3 Å². The van der Waals surface area contributed by atoms with E-state index in [0.717, 1.165) is 36.9 Å². The van der Waals surface area contributed by atoms with E-state index in [1.807, 2.05) is 109 Å². The van der Waals surface area contributed by atoms with Crippen LogP contribution in [0.25, 0.3) is 127 Å². The molecule has 0 aliphatic rings. The van der Waals surface area contributed by atoms with Gasteiger partial charge in [0.1, 0.15) is 22.3 Å². The quantitative estimate of drug-likeness (QED) is 0.178. The molecular formula is C53H30N4O2. The highest BCUT2D eigenvalue weighted by Crippen LogP contribution is 2.44. The highest BCUT2D eigenvalue weighted by atomic mass is 16.3. The van der Waals surface area contributed by atoms with Crippen molar-refractivity contribution in [2.24, 2.45) is 0 Å². The second kappa shape index (κ2) is 12.2. The minimum Gasteiger partial charge on any atom is -0.455 e. The van der Waals surface area contributed by atoms with E-state index in [0.29, 0.717) is 44.2 Å². The smallest absolute Gasteiger partial charge is 0.164 e. The van der Waals surface area contributed by atoms with Crippen molar-refractivity contribution in [3.8, 4) is 39.9 Å². The van der Waals surface area contributed by atoms with Crippen LogP contribution in [-0.2, 0) is 0 Å². The van der Waals surface area contributed by atoms with Gasteiger partial charge in [-0.15, -0.1) is 0 Å². The molecule has 59 heavy (non-hydrogen) atoms. The summed E-state index contributed by atoms with van der Waals surface area (Å²) in [6, 6.07) is 26.5. The molecule has 0 atom stereocenters. The molecule has 0 radical (unpaired) electrons. The molecule has 4 heterocycles. The summed E-state index contributed by atoms with van der Waals surface area (Å²) in [7, 11) is 0. The van der Waals surface area contributed by atoms with Crippen molar-refractivity contribution in [3.05, 3.63) is 182 Å². The maximum Gasteiger partial charge on any atom is 0.164 e. The number of fused-ring (bicyclic) bond motifs is 13. The molecule has 0 N–H and O–H groups in total. The van der Waals surface area contributed by atoms with Crippen LogP contribution in [0.2, 0.25) is 0 Å². The van der Waals surface area contributed by atoms with Crippen LogP contribution in [0.4, 0.5) is 0 Å². The van der Waals surface area contributed by atoms with Crippen LogP contribution >= 0.6 is 0 Å². The van der Waals surface area contributed by atoms with E-state index >= 15 is 0 Å². The lowest BCUT2D eigenvalue weighted by atomic mass is 9.98. The molecular weight excluding hydrogens is 725 g/mol. The molecule has 0 unspecified atom stereocenters. The lowest BCUT2D eigenvalue weighted by Crippen LogP contribution is -2.01. The number of rotatable bonds is 4. The van der Waals surface area contributed by atoms with Gasteiger partial charge < -0.3 is 13.4 Å². The zero-order valence-corrected chi connectivity index (χ0v) is 30.5. The van der Waals surface area contributed by atoms with Crippen LogP contribution in [0.1, 0.15) is 16.4 Å². The van der Waals surface area contributed by atoms with Gasteiger partial charge in [0.05, 0.1) is 27.5 Å². The molecule has 0 aliphatic heterocycles. The average molecular weight is 767 g/mol. The Morgan fingerprint density at radius 3 is 1.58 bits per heavy atom. The third-order valence-corrected chi connectivity index (χ3v) is 10.9. The third-order valence-electron chi connectivity index (χ3n) is 10.9. The van der Waals surface area contributed by atoms with E-state index in [2.05, 4.69) is 0 Å². The summed E-state index contributed by atoms with van der Waals surface area (Å²) in [5.74, 6) is -0.0220. The second-order valence-electron chi connectivity index (χ2n) is 14.2. The Morgan fingerprint density at radius 1 is 0.441 bits per heavy atom. The highest BCUT2D eigenvalue weighted by Gasteiger charge is 2.24. The zero-order chi connectivity index (χ0) is 49.0. The molecule has 4 aromatic heterocycles. The first-order valence-corrected chi connectivity index (χ1v) is 18.8. The standard InChI is InChI=1S/C53H30N4O2/c1-2-16-34(17-3-1)57-43-23-11-8-20-37(43)38-27-26-33(30-44(38)57)51-54-52(41-28-31-14-4-6-18-35(31)49-47(41)39-21-9-12-24-45(39)58-49)56-53(55-51)42-29-32-15-5-7-19-36(32)50-48(42)40-22-10-13-25-46(40)59-50/h1-30H/i1D,2D,3D,8D,11D,16D,17D,20D,23D,26D,27D,30D. The molecule has 0 bridgehead atoms. The molecule has 0 fully saturated rings. The van der Waals surface area contributed by atoms with Crippen LogP contribution in [0.5, 0.6) is 0 Å². The van der Waals surface area contributed by atoms with Crippen molar-refractivity contribution in [2.45, 2.75) is 0 Å². The van der Waals surface area contributed by atoms with E-state index in [9.17, 15) is 4.11 Å². The fourth-order valence-corrected chi connectivity index (χ4v) is 8.40. The van der Waals surface area contributed by atoms with Gasteiger partial charge in [-0.25, -0.2) is 15.0 Å². The molecule has 0 spiro atoms. The zero-order valence-electron chi connectivity index (χ0n) is 42.5. The Bertz CT molecular complexity index is 4380. The highest BCUT2D eigenvalue weighted by molar-refractivity contribution is 6.22. The summed E-state index contributed by atoms with van der Waals surface area (Å²) in [6.07, 6.45) is 0. The average Bonchev–Trinajstić information content (AvgIpc) is 4.09. The van der Waals surface area contributed by atoms with Gasteiger partial charge >= 0.3 is 0 Å². The molecule has 274 valence electrons. The van der Waals surface area contributed by atoms with Gasteiger partial charge in [-0.3, -0.25) is 0 Å². The van der Waals surface area contributed by atoms with Gasteiger partial charge in [0.25, 0.3) is 0 Å². The largest absolute Gasteiger partial charge is 0.455 e. The van der Waals surface area contributed by atoms with Crippen LogP contribution < -0.4 is 0 Å². The number of aromatic nitrogens is 4. The van der Waals surface area contributed by atoms with Crippen molar-refractivity contribution in [3.63, 3.8) is 0 Å². The van der Waals surface area contributed by atoms with Crippen LogP contribution in [0, 0.1) is 0 Å². The van der Waals surface area contributed by atoms with Gasteiger partial charge in [0.15, 0.2) is 17.5 Å². The van der Waals surface area contributed by atoms with Gasteiger partial charge in [-0.2, -0.15) is 0 Å². The molecule has 0 saturated carbocycles. The van der Waals surface area contributed by atoms with Crippen molar-refractivity contribution in [2.75, 3.05) is 0 Å². The Hall–Kier alpha value is -8.09. The Morgan fingerprint density at radius 2 is 0.949 bits per heavy atom. The third kappa shape index (κ3) is 4.71. The molecule has 6 nitrogen and oxygen atoms in total. The van der Waals surface area contributed by atoms with Gasteiger partial charge in [0.2, 0.25) is 0 Å². The number of para-hydroxylation sites is 4. The molecule has 6 heteroatoms. The van der Waals surface area contributed by atoms with Crippen molar-refractivity contribution in [1.29, 1.82) is 0 Å². The monoisotopic (exact) mass is 766 g/mol. The minimum atomic E-state index is -0.736. The summed E-state index contributed by atoms with van der Waals surface area (Å²) < 4.78 is 123. The van der Waals surface area contributed by atoms with Crippen molar-refractivity contribution in [1.82, 2.24) is 19.5 Å². The summed E-state index contributed by atoms with van der Waals surface area (Å²) >= 11 is 0. The SMILES string of the molecule is [2H]c1c([2H])c([2H])c(-n2c3c([2H])c([2H])c([2H])c([2H])c3c3c([2H])c([2H])c(-c4nc(-c5cc6ccccc6c6oc7ccccc7c56)nc(-c5cc6ccccc6c6oc7ccccc7c56)n4)c([2H])c32)c([2H])c1[2H].